The molecule has 0 aliphatic carbocycles. The molecule has 0 saturated carbocycles. The first kappa shape index (κ1) is 19.1. The highest BCUT2D eigenvalue weighted by molar-refractivity contribution is 9.10. The number of halogens is 1. The van der Waals surface area contributed by atoms with E-state index in [1.807, 2.05) is 42.5 Å². The van der Waals surface area contributed by atoms with Gasteiger partial charge >= 0.3 is 0 Å². The lowest BCUT2D eigenvalue weighted by Crippen LogP contribution is -1.99. The van der Waals surface area contributed by atoms with Crippen molar-refractivity contribution >= 4 is 32.8 Å². The van der Waals surface area contributed by atoms with Crippen molar-refractivity contribution < 1.29 is 18.6 Å². The van der Waals surface area contributed by atoms with Crippen LogP contribution in [0.1, 0.15) is 5.56 Å². The topological polar surface area (TPSA) is 92.6 Å². The number of nitrogens with zero attached hydrogens (tertiary/aromatic N) is 2. The number of nitrogens with two attached hydrogens (primary N) is 1. The molecule has 0 amide bonds. The number of pyridine rings is 1. The second-order valence-corrected chi connectivity index (χ2v) is 7.09. The molecule has 2 N–H and O–H groups in total. The van der Waals surface area contributed by atoms with Crippen molar-refractivity contribution in [3.63, 3.8) is 0 Å². The van der Waals surface area contributed by atoms with Gasteiger partial charge in [-0.05, 0) is 46.3 Å². The summed E-state index contributed by atoms with van der Waals surface area (Å²) in [6.45, 7) is 0.301. The molecule has 0 aliphatic rings. The normalized spacial score (nSPS) is 10.9. The summed E-state index contributed by atoms with van der Waals surface area (Å²) in [5.74, 6) is 2.71. The number of anilines is 1. The SMILES string of the molecule is COc1ccc(COc2cccc3oc(-c4cc(Br)cnc4N)nc23)c(OC)c1. The third-order valence-electron chi connectivity index (χ3n) is 4.37. The summed E-state index contributed by atoms with van der Waals surface area (Å²) < 4.78 is 23.4. The Morgan fingerprint density at radius 3 is 2.72 bits per heavy atom. The number of rotatable bonds is 6. The fourth-order valence-electron chi connectivity index (χ4n) is 2.90. The molecule has 0 aliphatic heterocycles. The Kier molecular flexibility index (Phi) is 5.26. The summed E-state index contributed by atoms with van der Waals surface area (Å²) in [6.07, 6.45) is 1.62. The van der Waals surface area contributed by atoms with E-state index >= 15 is 0 Å². The first-order chi connectivity index (χ1) is 14.1. The second-order valence-electron chi connectivity index (χ2n) is 6.17. The lowest BCUT2D eigenvalue weighted by atomic mass is 10.2. The van der Waals surface area contributed by atoms with Crippen LogP contribution in [0.25, 0.3) is 22.6 Å². The average molecular weight is 456 g/mol. The highest BCUT2D eigenvalue weighted by atomic mass is 79.9. The maximum Gasteiger partial charge on any atom is 0.231 e. The van der Waals surface area contributed by atoms with Crippen LogP contribution in [0, 0.1) is 0 Å². The summed E-state index contributed by atoms with van der Waals surface area (Å²) in [5.41, 5.74) is 8.68. The molecule has 0 atom stereocenters. The average Bonchev–Trinajstić information content (AvgIpc) is 3.18. The van der Waals surface area contributed by atoms with Crippen LogP contribution in [-0.4, -0.2) is 24.2 Å². The van der Waals surface area contributed by atoms with Gasteiger partial charge in [-0.15, -0.1) is 0 Å². The van der Waals surface area contributed by atoms with Crippen LogP contribution < -0.4 is 19.9 Å². The molecule has 0 bridgehead atoms. The number of ether oxygens (including phenoxy) is 3. The molecule has 0 unspecified atom stereocenters. The van der Waals surface area contributed by atoms with E-state index in [4.69, 9.17) is 24.4 Å². The molecule has 29 heavy (non-hydrogen) atoms. The Bertz CT molecular complexity index is 1180. The zero-order chi connectivity index (χ0) is 20.4. The molecule has 2 heterocycles. The van der Waals surface area contributed by atoms with Crippen LogP contribution >= 0.6 is 15.9 Å². The molecule has 4 rings (SSSR count). The highest BCUT2D eigenvalue weighted by Crippen LogP contribution is 2.34. The largest absolute Gasteiger partial charge is 0.497 e. The number of methoxy groups -OCH3 is 2. The van der Waals surface area contributed by atoms with E-state index in [0.29, 0.717) is 52.2 Å². The van der Waals surface area contributed by atoms with Crippen molar-refractivity contribution in [3.05, 3.63) is 58.7 Å². The first-order valence-electron chi connectivity index (χ1n) is 8.73. The molecular formula is C21H18BrN3O4. The molecule has 0 radical (unpaired) electrons. The maximum atomic E-state index is 6.03. The van der Waals surface area contributed by atoms with Gasteiger partial charge < -0.3 is 24.4 Å². The number of nitrogen functional groups attached to an aromatic ring is 1. The van der Waals surface area contributed by atoms with E-state index in [9.17, 15) is 0 Å². The van der Waals surface area contributed by atoms with Crippen molar-refractivity contribution in [1.29, 1.82) is 0 Å². The molecule has 0 spiro atoms. The number of hydrogen-bond donors (Lipinski definition) is 1. The van der Waals surface area contributed by atoms with E-state index < -0.39 is 0 Å². The monoisotopic (exact) mass is 455 g/mol. The number of hydrogen-bond acceptors (Lipinski definition) is 7. The summed E-state index contributed by atoms with van der Waals surface area (Å²) in [6, 6.07) is 12.9. The van der Waals surface area contributed by atoms with Gasteiger partial charge in [-0.3, -0.25) is 0 Å². The molecule has 148 valence electrons. The Morgan fingerprint density at radius 2 is 1.93 bits per heavy atom. The van der Waals surface area contributed by atoms with Gasteiger partial charge in [0.1, 0.15) is 29.7 Å². The van der Waals surface area contributed by atoms with Crippen LogP contribution in [0.2, 0.25) is 0 Å². The van der Waals surface area contributed by atoms with E-state index in [1.165, 1.54) is 0 Å². The predicted octanol–water partition coefficient (Wildman–Crippen LogP) is 4.83. The highest BCUT2D eigenvalue weighted by Gasteiger charge is 2.16. The van der Waals surface area contributed by atoms with Gasteiger partial charge in [0.2, 0.25) is 5.89 Å². The molecule has 2 aromatic carbocycles. The maximum absolute atomic E-state index is 6.03. The number of fused-ring (bicyclic) bond motifs is 1. The molecule has 8 heteroatoms. The first-order valence-corrected chi connectivity index (χ1v) is 9.53. The van der Waals surface area contributed by atoms with Crippen molar-refractivity contribution in [2.24, 2.45) is 0 Å². The molecule has 2 aromatic heterocycles. The Morgan fingerprint density at radius 1 is 1.07 bits per heavy atom. The lowest BCUT2D eigenvalue weighted by Gasteiger charge is -2.11. The number of para-hydroxylation sites is 1. The van der Waals surface area contributed by atoms with Crippen molar-refractivity contribution in [3.8, 4) is 28.7 Å². The summed E-state index contributed by atoms with van der Waals surface area (Å²) in [5, 5.41) is 0. The van der Waals surface area contributed by atoms with Crippen molar-refractivity contribution in [1.82, 2.24) is 9.97 Å². The molecule has 0 fully saturated rings. The van der Waals surface area contributed by atoms with E-state index in [-0.39, 0.29) is 0 Å². The second kappa shape index (κ2) is 8.00. The van der Waals surface area contributed by atoms with Crippen molar-refractivity contribution in [2.75, 3.05) is 20.0 Å². The summed E-state index contributed by atoms with van der Waals surface area (Å²) >= 11 is 3.39. The molecule has 7 nitrogen and oxygen atoms in total. The van der Waals surface area contributed by atoms with E-state index in [2.05, 4.69) is 25.9 Å². The fourth-order valence-corrected chi connectivity index (χ4v) is 3.23. The minimum absolute atomic E-state index is 0.301. The fraction of sp³-hybridized carbons (Fsp3) is 0.143. The van der Waals surface area contributed by atoms with Gasteiger partial charge in [0.15, 0.2) is 11.1 Å². The van der Waals surface area contributed by atoms with Crippen molar-refractivity contribution in [2.45, 2.75) is 6.61 Å². The third kappa shape index (κ3) is 3.84. The lowest BCUT2D eigenvalue weighted by molar-refractivity contribution is 0.298. The Hall–Kier alpha value is -3.26. The Balaban J connectivity index is 1.65. The van der Waals surface area contributed by atoms with Gasteiger partial charge in [0.05, 0.1) is 19.8 Å². The van der Waals surface area contributed by atoms with Gasteiger partial charge in [0.25, 0.3) is 0 Å². The van der Waals surface area contributed by atoms with Crippen LogP contribution in [-0.2, 0) is 6.61 Å². The number of oxazole rings is 1. The minimum Gasteiger partial charge on any atom is -0.497 e. The van der Waals surface area contributed by atoms with Crippen LogP contribution in [0.5, 0.6) is 17.2 Å². The molecule has 4 aromatic rings. The zero-order valence-corrected chi connectivity index (χ0v) is 17.4. The van der Waals surface area contributed by atoms with Gasteiger partial charge in [0, 0.05) is 22.3 Å². The van der Waals surface area contributed by atoms with E-state index in [0.717, 1.165) is 10.0 Å². The van der Waals surface area contributed by atoms with Gasteiger partial charge in [-0.2, -0.15) is 0 Å². The third-order valence-corrected chi connectivity index (χ3v) is 4.81. The standard InChI is InChI=1S/C21H18BrN3O4/c1-26-14-7-6-12(18(9-14)27-2)11-28-16-4-3-5-17-19(16)25-21(29-17)15-8-13(22)10-24-20(15)23/h3-10H,11H2,1-2H3,(H2,23,24). The molecular weight excluding hydrogens is 438 g/mol. The Labute approximate surface area is 175 Å². The van der Waals surface area contributed by atoms with E-state index in [1.54, 1.807) is 20.4 Å². The summed E-state index contributed by atoms with van der Waals surface area (Å²) in [4.78, 5) is 8.72. The minimum atomic E-state index is 0.301. The number of benzene rings is 2. The zero-order valence-electron chi connectivity index (χ0n) is 15.8. The van der Waals surface area contributed by atoms with Gasteiger partial charge in [-0.1, -0.05) is 6.07 Å². The predicted molar refractivity (Wildman–Crippen MR) is 113 cm³/mol. The number of aromatic nitrogens is 2. The molecule has 0 saturated heterocycles. The summed E-state index contributed by atoms with van der Waals surface area (Å²) in [7, 11) is 3.22. The quantitative estimate of drug-likeness (QED) is 0.444. The van der Waals surface area contributed by atoms with Crippen LogP contribution in [0.4, 0.5) is 5.82 Å². The van der Waals surface area contributed by atoms with Crippen LogP contribution in [0.3, 0.4) is 0 Å². The smallest absolute Gasteiger partial charge is 0.231 e. The van der Waals surface area contributed by atoms with Gasteiger partial charge in [-0.25, -0.2) is 9.97 Å². The van der Waals surface area contributed by atoms with Crippen LogP contribution in [0.15, 0.2) is 57.6 Å².